The Balaban J connectivity index is 2.17. The maximum absolute atomic E-state index is 10.8. The Morgan fingerprint density at radius 2 is 2.23 bits per heavy atom. The molecule has 7 heteroatoms. The van der Waals surface area contributed by atoms with Crippen molar-refractivity contribution in [1.82, 2.24) is 15.2 Å². The summed E-state index contributed by atoms with van der Waals surface area (Å²) in [6.45, 7) is 0. The summed E-state index contributed by atoms with van der Waals surface area (Å²) in [4.78, 5) is 3.78. The second-order valence-corrected chi connectivity index (χ2v) is 5.61. The summed E-state index contributed by atoms with van der Waals surface area (Å²) < 4.78 is 21.5. The monoisotopic (exact) mass is 221 g/mol. The van der Waals surface area contributed by atoms with Crippen molar-refractivity contribution in [3.63, 3.8) is 0 Å². The zero-order valence-corrected chi connectivity index (χ0v) is 8.27. The fourth-order valence-corrected chi connectivity index (χ4v) is 1.65. The van der Waals surface area contributed by atoms with Crippen LogP contribution in [0.3, 0.4) is 0 Å². The van der Waals surface area contributed by atoms with Gasteiger partial charge < -0.3 is 0 Å². The van der Waals surface area contributed by atoms with Gasteiger partial charge in [-0.25, -0.2) is 13.4 Å². The second kappa shape index (κ2) is 2.95. The van der Waals surface area contributed by atoms with E-state index in [9.17, 15) is 8.42 Å². The molecule has 1 N–H and O–H groups in total. The Bertz CT molecular complexity index is 409. The van der Waals surface area contributed by atoms with Crippen molar-refractivity contribution in [3.8, 4) is 0 Å². The van der Waals surface area contributed by atoms with E-state index < -0.39 is 9.05 Å². The summed E-state index contributed by atoms with van der Waals surface area (Å²) in [6, 6.07) is 0. The molecule has 1 saturated carbocycles. The Morgan fingerprint density at radius 1 is 1.54 bits per heavy atom. The third kappa shape index (κ3) is 2.19. The maximum Gasteiger partial charge on any atom is 0.298 e. The summed E-state index contributed by atoms with van der Waals surface area (Å²) in [5.41, 5.74) is 0. The summed E-state index contributed by atoms with van der Waals surface area (Å²) in [5.74, 6) is 1.24. The average Bonchev–Trinajstić information content (AvgIpc) is 2.63. The predicted octanol–water partition coefficient (Wildman–Crippen LogP) is 0.685. The highest BCUT2D eigenvalue weighted by atomic mass is 35.7. The van der Waals surface area contributed by atoms with Gasteiger partial charge in [0, 0.05) is 17.1 Å². The van der Waals surface area contributed by atoms with E-state index in [1.165, 1.54) is 12.8 Å². The minimum atomic E-state index is -3.78. The number of nitrogens with zero attached hydrogens (tertiary/aromatic N) is 2. The molecule has 1 heterocycles. The first-order chi connectivity index (χ1) is 6.05. The van der Waals surface area contributed by atoms with Crippen molar-refractivity contribution >= 4 is 19.7 Å². The van der Waals surface area contributed by atoms with Crippen LogP contribution < -0.4 is 0 Å². The lowest BCUT2D eigenvalue weighted by Crippen LogP contribution is -1.94. The summed E-state index contributed by atoms with van der Waals surface area (Å²) in [6.07, 6.45) is 3.13. The third-order valence-corrected chi connectivity index (χ3v) is 2.94. The van der Waals surface area contributed by atoms with E-state index in [1.54, 1.807) is 0 Å². The van der Waals surface area contributed by atoms with Crippen molar-refractivity contribution in [3.05, 3.63) is 5.82 Å². The molecule has 1 fully saturated rings. The van der Waals surface area contributed by atoms with Gasteiger partial charge in [-0.15, -0.1) is 5.10 Å². The lowest BCUT2D eigenvalue weighted by molar-refractivity contribution is 0.601. The number of nitrogens with one attached hydrogen (secondary N) is 1. The first-order valence-corrected chi connectivity index (χ1v) is 6.22. The van der Waals surface area contributed by atoms with E-state index in [1.807, 2.05) is 0 Å². The summed E-state index contributed by atoms with van der Waals surface area (Å²) >= 11 is 0. The van der Waals surface area contributed by atoms with Crippen LogP contribution in [0.15, 0.2) is 5.16 Å². The topological polar surface area (TPSA) is 75.7 Å². The van der Waals surface area contributed by atoms with Gasteiger partial charge in [0.1, 0.15) is 5.82 Å². The Labute approximate surface area is 79.9 Å². The van der Waals surface area contributed by atoms with Crippen LogP contribution in [0.4, 0.5) is 0 Å². The van der Waals surface area contributed by atoms with Gasteiger partial charge in [0.2, 0.25) is 0 Å². The minimum Gasteiger partial charge on any atom is -0.262 e. The highest BCUT2D eigenvalue weighted by molar-refractivity contribution is 8.13. The molecular formula is C6H8ClN3O2S. The van der Waals surface area contributed by atoms with Gasteiger partial charge in [-0.3, -0.25) is 5.10 Å². The maximum atomic E-state index is 10.8. The molecule has 0 aromatic carbocycles. The molecule has 0 amide bonds. The van der Waals surface area contributed by atoms with Crippen LogP contribution in [0, 0.1) is 5.92 Å². The zero-order chi connectivity index (χ0) is 9.47. The number of aromatic nitrogens is 3. The van der Waals surface area contributed by atoms with E-state index in [-0.39, 0.29) is 5.16 Å². The summed E-state index contributed by atoms with van der Waals surface area (Å²) in [7, 11) is 1.27. The van der Waals surface area contributed by atoms with E-state index >= 15 is 0 Å². The molecule has 5 nitrogen and oxygen atoms in total. The molecule has 1 aromatic rings. The highest BCUT2D eigenvalue weighted by Gasteiger charge is 2.24. The molecule has 0 unspecified atom stereocenters. The van der Waals surface area contributed by atoms with Crippen LogP contribution in [-0.2, 0) is 15.5 Å². The molecule has 72 valence electrons. The number of aromatic amines is 1. The van der Waals surface area contributed by atoms with Gasteiger partial charge in [0.25, 0.3) is 14.2 Å². The van der Waals surface area contributed by atoms with Crippen LogP contribution >= 0.6 is 10.7 Å². The van der Waals surface area contributed by atoms with Crippen LogP contribution in [0.2, 0.25) is 0 Å². The predicted molar refractivity (Wildman–Crippen MR) is 45.8 cm³/mol. The van der Waals surface area contributed by atoms with Crippen LogP contribution in [-0.4, -0.2) is 23.6 Å². The highest BCUT2D eigenvalue weighted by Crippen LogP contribution is 2.31. The Hall–Kier alpha value is -0.620. The van der Waals surface area contributed by atoms with Gasteiger partial charge >= 0.3 is 0 Å². The quantitative estimate of drug-likeness (QED) is 0.762. The molecule has 0 aliphatic heterocycles. The molecule has 0 saturated heterocycles. The molecule has 0 atom stereocenters. The SMILES string of the molecule is O=S(=O)(Cl)c1n[nH]c(CC2CC2)n1. The third-order valence-electron chi connectivity index (χ3n) is 1.91. The smallest absolute Gasteiger partial charge is 0.262 e. The second-order valence-electron chi connectivity index (χ2n) is 3.15. The zero-order valence-electron chi connectivity index (χ0n) is 6.70. The molecule has 0 bridgehead atoms. The van der Waals surface area contributed by atoms with E-state index in [0.29, 0.717) is 11.7 Å². The molecule has 0 spiro atoms. The Kier molecular flexibility index (Phi) is 2.03. The van der Waals surface area contributed by atoms with E-state index in [0.717, 1.165) is 6.42 Å². The van der Waals surface area contributed by atoms with E-state index in [4.69, 9.17) is 10.7 Å². The fourth-order valence-electron chi connectivity index (χ4n) is 1.07. The molecule has 1 aliphatic rings. The van der Waals surface area contributed by atoms with Gasteiger partial charge in [-0.1, -0.05) is 0 Å². The van der Waals surface area contributed by atoms with Gasteiger partial charge in [-0.2, -0.15) is 0 Å². The molecule has 1 aliphatic carbocycles. The van der Waals surface area contributed by atoms with Gasteiger partial charge in [0.05, 0.1) is 0 Å². The number of H-pyrrole nitrogens is 1. The minimum absolute atomic E-state index is 0.329. The normalized spacial score (nSPS) is 17.6. The summed E-state index contributed by atoms with van der Waals surface area (Å²) in [5, 5.41) is 5.74. The number of rotatable bonds is 3. The average molecular weight is 222 g/mol. The largest absolute Gasteiger partial charge is 0.298 e. The lowest BCUT2D eigenvalue weighted by atomic mass is 10.3. The van der Waals surface area contributed by atoms with Gasteiger partial charge in [0.15, 0.2) is 0 Å². The molecule has 1 aromatic heterocycles. The fraction of sp³-hybridized carbons (Fsp3) is 0.667. The van der Waals surface area contributed by atoms with Crippen molar-refractivity contribution in [2.24, 2.45) is 5.92 Å². The first kappa shape index (κ1) is 8.96. The van der Waals surface area contributed by atoms with Crippen LogP contribution in [0.1, 0.15) is 18.7 Å². The Morgan fingerprint density at radius 3 is 2.69 bits per heavy atom. The molecule has 13 heavy (non-hydrogen) atoms. The van der Waals surface area contributed by atoms with Crippen molar-refractivity contribution < 1.29 is 8.42 Å². The molecular weight excluding hydrogens is 214 g/mol. The van der Waals surface area contributed by atoms with E-state index in [2.05, 4.69) is 15.2 Å². The number of hydrogen-bond acceptors (Lipinski definition) is 4. The van der Waals surface area contributed by atoms with Crippen LogP contribution in [0.25, 0.3) is 0 Å². The molecule has 0 radical (unpaired) electrons. The van der Waals surface area contributed by atoms with Crippen LogP contribution in [0.5, 0.6) is 0 Å². The first-order valence-electron chi connectivity index (χ1n) is 3.91. The standard InChI is InChI=1S/C6H8ClN3O2S/c7-13(11,12)6-8-5(9-10-6)3-4-1-2-4/h4H,1-3H2,(H,8,9,10). The molecule has 2 rings (SSSR count). The van der Waals surface area contributed by atoms with Crippen molar-refractivity contribution in [2.45, 2.75) is 24.4 Å². The van der Waals surface area contributed by atoms with Crippen molar-refractivity contribution in [1.29, 1.82) is 0 Å². The number of halogens is 1. The lowest BCUT2D eigenvalue weighted by Gasteiger charge is -1.88. The van der Waals surface area contributed by atoms with Gasteiger partial charge in [-0.05, 0) is 18.8 Å². The van der Waals surface area contributed by atoms with Crippen molar-refractivity contribution in [2.75, 3.05) is 0 Å². The number of hydrogen-bond donors (Lipinski definition) is 1.